The molecule has 5 heteroatoms. The third kappa shape index (κ3) is 3.68. The largest absolute Gasteiger partial charge is 0.494 e. The van der Waals surface area contributed by atoms with Crippen LogP contribution in [0, 0.1) is 12.7 Å². The maximum atomic E-state index is 13.2. The lowest BCUT2D eigenvalue weighted by Crippen LogP contribution is -1.96. The molecule has 0 aliphatic carbocycles. The zero-order chi connectivity index (χ0) is 16.9. The summed E-state index contributed by atoms with van der Waals surface area (Å²) in [6.45, 7) is 4.48. The fourth-order valence-electron chi connectivity index (χ4n) is 2.45. The van der Waals surface area contributed by atoms with Gasteiger partial charge >= 0.3 is 0 Å². The predicted molar refractivity (Wildman–Crippen MR) is 95.3 cm³/mol. The van der Waals surface area contributed by atoms with Crippen molar-refractivity contribution in [3.05, 3.63) is 65.6 Å². The van der Waals surface area contributed by atoms with E-state index >= 15 is 0 Å². The minimum Gasteiger partial charge on any atom is -0.494 e. The highest BCUT2D eigenvalue weighted by Crippen LogP contribution is 2.26. The third-order valence-electron chi connectivity index (χ3n) is 3.47. The van der Waals surface area contributed by atoms with Crippen molar-refractivity contribution >= 4 is 22.8 Å². The van der Waals surface area contributed by atoms with Gasteiger partial charge in [-0.2, -0.15) is 5.10 Å². The van der Waals surface area contributed by atoms with Crippen molar-refractivity contribution < 1.29 is 9.13 Å². The lowest BCUT2D eigenvalue weighted by atomic mass is 10.1. The molecule has 0 bridgehead atoms. The summed E-state index contributed by atoms with van der Waals surface area (Å²) < 4.78 is 18.7. The van der Waals surface area contributed by atoms with Crippen molar-refractivity contribution in [2.24, 2.45) is 5.10 Å². The highest BCUT2D eigenvalue weighted by molar-refractivity contribution is 5.92. The van der Waals surface area contributed by atoms with Crippen molar-refractivity contribution in [1.82, 2.24) is 4.98 Å². The van der Waals surface area contributed by atoms with Crippen molar-refractivity contribution in [2.75, 3.05) is 12.0 Å². The Bertz CT molecular complexity index is 893. The van der Waals surface area contributed by atoms with Gasteiger partial charge in [-0.15, -0.1) is 0 Å². The third-order valence-corrected chi connectivity index (χ3v) is 3.47. The van der Waals surface area contributed by atoms with E-state index in [1.54, 1.807) is 18.3 Å². The number of fused-ring (bicyclic) bond motifs is 1. The van der Waals surface area contributed by atoms with E-state index in [0.29, 0.717) is 12.2 Å². The highest BCUT2D eigenvalue weighted by atomic mass is 19.1. The van der Waals surface area contributed by atoms with E-state index in [1.165, 1.54) is 12.1 Å². The van der Waals surface area contributed by atoms with Gasteiger partial charge in [-0.3, -0.25) is 10.4 Å². The van der Waals surface area contributed by atoms with Crippen LogP contribution in [-0.4, -0.2) is 17.8 Å². The van der Waals surface area contributed by atoms with Crippen LogP contribution in [0.25, 0.3) is 10.9 Å². The lowest BCUT2D eigenvalue weighted by molar-refractivity contribution is 0.340. The van der Waals surface area contributed by atoms with Crippen LogP contribution in [-0.2, 0) is 0 Å². The fourth-order valence-corrected chi connectivity index (χ4v) is 2.45. The summed E-state index contributed by atoms with van der Waals surface area (Å²) in [4.78, 5) is 4.54. The molecule has 1 heterocycles. The smallest absolute Gasteiger partial charge is 0.123 e. The standard InChI is InChI=1S/C19H18FN3O/c1-3-24-16-7-8-17-18(11-16)22-13(2)9-19(17)23-21-12-14-5-4-6-15(20)10-14/h4-12H,3H2,1-2H3,(H,22,23)/b21-12+. The van der Waals surface area contributed by atoms with Gasteiger partial charge in [0.1, 0.15) is 11.6 Å². The summed E-state index contributed by atoms with van der Waals surface area (Å²) in [6.07, 6.45) is 1.58. The second kappa shape index (κ2) is 7.08. The number of hydrogen-bond donors (Lipinski definition) is 1. The first-order valence-electron chi connectivity index (χ1n) is 7.74. The molecule has 0 saturated heterocycles. The first-order chi connectivity index (χ1) is 11.7. The minimum atomic E-state index is -0.285. The Labute approximate surface area is 140 Å². The van der Waals surface area contributed by atoms with Gasteiger partial charge < -0.3 is 4.74 Å². The maximum absolute atomic E-state index is 13.2. The van der Waals surface area contributed by atoms with Gasteiger partial charge in [0.15, 0.2) is 0 Å². The molecular weight excluding hydrogens is 305 g/mol. The van der Waals surface area contributed by atoms with E-state index in [-0.39, 0.29) is 5.82 Å². The van der Waals surface area contributed by atoms with Gasteiger partial charge in [-0.1, -0.05) is 12.1 Å². The number of aromatic nitrogens is 1. The molecule has 0 fully saturated rings. The Morgan fingerprint density at radius 3 is 2.88 bits per heavy atom. The molecule has 2 aromatic carbocycles. The molecule has 122 valence electrons. The SMILES string of the molecule is CCOc1ccc2c(N/N=C/c3cccc(F)c3)cc(C)nc2c1. The van der Waals surface area contributed by atoms with Gasteiger partial charge in [0.05, 0.1) is 24.0 Å². The first kappa shape index (κ1) is 15.9. The number of hydrogen-bond acceptors (Lipinski definition) is 4. The average molecular weight is 323 g/mol. The Balaban J connectivity index is 1.88. The Morgan fingerprint density at radius 2 is 2.08 bits per heavy atom. The quantitative estimate of drug-likeness (QED) is 0.554. The van der Waals surface area contributed by atoms with Gasteiger partial charge in [-0.05, 0) is 49.7 Å². The molecule has 3 rings (SSSR count). The summed E-state index contributed by atoms with van der Waals surface area (Å²) >= 11 is 0. The molecule has 0 unspecified atom stereocenters. The van der Waals surface area contributed by atoms with Crippen LogP contribution in [0.2, 0.25) is 0 Å². The van der Waals surface area contributed by atoms with Gasteiger partial charge in [0.25, 0.3) is 0 Å². The molecule has 1 N–H and O–H groups in total. The number of nitrogens with zero attached hydrogens (tertiary/aromatic N) is 2. The van der Waals surface area contributed by atoms with Gasteiger partial charge in [0, 0.05) is 17.1 Å². The molecule has 0 atom stereocenters. The molecule has 24 heavy (non-hydrogen) atoms. The zero-order valence-corrected chi connectivity index (χ0v) is 13.6. The van der Waals surface area contributed by atoms with E-state index in [4.69, 9.17) is 4.74 Å². The van der Waals surface area contributed by atoms with Crippen LogP contribution in [0.1, 0.15) is 18.2 Å². The summed E-state index contributed by atoms with van der Waals surface area (Å²) in [7, 11) is 0. The average Bonchev–Trinajstić information content (AvgIpc) is 2.55. The number of ether oxygens (including phenoxy) is 1. The molecule has 3 aromatic rings. The molecule has 0 aliphatic heterocycles. The van der Waals surface area contributed by atoms with Crippen LogP contribution >= 0.6 is 0 Å². The van der Waals surface area contributed by atoms with Crippen LogP contribution in [0.5, 0.6) is 5.75 Å². The van der Waals surface area contributed by atoms with Crippen molar-refractivity contribution in [3.63, 3.8) is 0 Å². The number of benzene rings is 2. The van der Waals surface area contributed by atoms with Crippen molar-refractivity contribution in [1.29, 1.82) is 0 Å². The van der Waals surface area contributed by atoms with E-state index in [0.717, 1.165) is 28.0 Å². The second-order valence-corrected chi connectivity index (χ2v) is 5.35. The zero-order valence-electron chi connectivity index (χ0n) is 13.6. The van der Waals surface area contributed by atoms with Crippen LogP contribution in [0.4, 0.5) is 10.1 Å². The highest BCUT2D eigenvalue weighted by Gasteiger charge is 2.05. The monoisotopic (exact) mass is 323 g/mol. The Kier molecular flexibility index (Phi) is 4.70. The van der Waals surface area contributed by atoms with Gasteiger partial charge in [-0.25, -0.2) is 4.39 Å². The Morgan fingerprint density at radius 1 is 1.21 bits per heavy atom. The van der Waals surface area contributed by atoms with E-state index in [9.17, 15) is 4.39 Å². The maximum Gasteiger partial charge on any atom is 0.123 e. The molecular formula is C19H18FN3O. The molecule has 0 saturated carbocycles. The molecule has 0 spiro atoms. The number of nitrogens with one attached hydrogen (secondary N) is 1. The Hall–Kier alpha value is -2.95. The summed E-state index contributed by atoms with van der Waals surface area (Å²) in [5.74, 6) is 0.505. The number of rotatable bonds is 5. The number of aryl methyl sites for hydroxylation is 1. The summed E-state index contributed by atoms with van der Waals surface area (Å²) in [6, 6.07) is 14.0. The lowest BCUT2D eigenvalue weighted by Gasteiger charge is -2.09. The number of halogens is 1. The molecule has 0 aliphatic rings. The van der Waals surface area contributed by atoms with Gasteiger partial charge in [0.2, 0.25) is 0 Å². The number of anilines is 1. The summed E-state index contributed by atoms with van der Waals surface area (Å²) in [5, 5.41) is 5.15. The topological polar surface area (TPSA) is 46.5 Å². The number of pyridine rings is 1. The van der Waals surface area contributed by atoms with E-state index in [1.807, 2.05) is 38.1 Å². The van der Waals surface area contributed by atoms with Crippen molar-refractivity contribution in [2.45, 2.75) is 13.8 Å². The molecule has 0 radical (unpaired) electrons. The molecule has 4 nitrogen and oxygen atoms in total. The van der Waals surface area contributed by atoms with Crippen molar-refractivity contribution in [3.8, 4) is 5.75 Å². The number of hydrazone groups is 1. The minimum absolute atomic E-state index is 0.285. The van der Waals surface area contributed by atoms with E-state index < -0.39 is 0 Å². The molecule has 0 amide bonds. The first-order valence-corrected chi connectivity index (χ1v) is 7.74. The second-order valence-electron chi connectivity index (χ2n) is 5.35. The predicted octanol–water partition coefficient (Wildman–Crippen LogP) is 4.53. The fraction of sp³-hybridized carbons (Fsp3) is 0.158. The van der Waals surface area contributed by atoms with E-state index in [2.05, 4.69) is 15.5 Å². The normalized spacial score (nSPS) is 11.1. The van der Waals surface area contributed by atoms with Crippen LogP contribution in [0.3, 0.4) is 0 Å². The summed E-state index contributed by atoms with van der Waals surface area (Å²) in [5.41, 5.74) is 6.26. The van der Waals surface area contributed by atoms with Crippen LogP contribution < -0.4 is 10.2 Å². The van der Waals surface area contributed by atoms with Crippen LogP contribution in [0.15, 0.2) is 53.6 Å². The molecule has 1 aromatic heterocycles.